The zero-order valence-electron chi connectivity index (χ0n) is 16.4. The predicted molar refractivity (Wildman–Crippen MR) is 109 cm³/mol. The van der Waals surface area contributed by atoms with Crippen molar-refractivity contribution in [1.29, 1.82) is 0 Å². The van der Waals surface area contributed by atoms with Gasteiger partial charge in [0.25, 0.3) is 0 Å². The minimum atomic E-state index is -0.231. The maximum absolute atomic E-state index is 13.1. The summed E-state index contributed by atoms with van der Waals surface area (Å²) in [5.41, 5.74) is 3.53. The van der Waals surface area contributed by atoms with Crippen molar-refractivity contribution in [3.05, 3.63) is 71.0 Å². The lowest BCUT2D eigenvalue weighted by molar-refractivity contribution is -0.122. The van der Waals surface area contributed by atoms with Crippen molar-refractivity contribution < 1.29 is 9.18 Å². The summed E-state index contributed by atoms with van der Waals surface area (Å²) in [6.45, 7) is 3.94. The van der Waals surface area contributed by atoms with Gasteiger partial charge in [-0.05, 0) is 67.1 Å². The highest BCUT2D eigenvalue weighted by molar-refractivity contribution is 5.82. The molecule has 0 aromatic heterocycles. The molecule has 2 fully saturated rings. The summed E-state index contributed by atoms with van der Waals surface area (Å²) in [5.74, 6) is 0.124. The van der Waals surface area contributed by atoms with Crippen LogP contribution in [-0.2, 0) is 17.9 Å². The van der Waals surface area contributed by atoms with Gasteiger partial charge < -0.3 is 5.32 Å². The molecule has 1 heterocycles. The summed E-state index contributed by atoms with van der Waals surface area (Å²) in [6.07, 6.45) is 6.15. The Morgan fingerprint density at radius 1 is 1.00 bits per heavy atom. The third-order valence-electron chi connectivity index (χ3n) is 5.99. The Hall–Kier alpha value is -2.20. The molecular formula is C24H29FN2O. The molecule has 1 N–H and O–H groups in total. The van der Waals surface area contributed by atoms with Crippen LogP contribution in [0.15, 0.2) is 48.5 Å². The van der Waals surface area contributed by atoms with Crippen molar-refractivity contribution >= 4 is 5.91 Å². The number of hydrogen-bond donors (Lipinski definition) is 1. The number of likely N-dealkylation sites (tertiary alicyclic amines) is 1. The van der Waals surface area contributed by atoms with E-state index in [2.05, 4.69) is 34.5 Å². The van der Waals surface area contributed by atoms with Gasteiger partial charge in [0.15, 0.2) is 0 Å². The van der Waals surface area contributed by atoms with E-state index in [0.29, 0.717) is 6.54 Å². The lowest BCUT2D eigenvalue weighted by Gasteiger charge is -2.20. The Kier molecular flexibility index (Phi) is 6.06. The van der Waals surface area contributed by atoms with Crippen molar-refractivity contribution in [3.63, 3.8) is 0 Å². The Morgan fingerprint density at radius 2 is 1.71 bits per heavy atom. The van der Waals surface area contributed by atoms with Crippen LogP contribution >= 0.6 is 0 Å². The number of nitrogens with one attached hydrogen (secondary N) is 1. The molecule has 2 atom stereocenters. The van der Waals surface area contributed by atoms with E-state index in [-0.39, 0.29) is 23.6 Å². The number of rotatable bonds is 6. The van der Waals surface area contributed by atoms with Crippen LogP contribution in [0.3, 0.4) is 0 Å². The van der Waals surface area contributed by atoms with Crippen LogP contribution < -0.4 is 5.32 Å². The number of nitrogens with zero attached hydrogens (tertiary/aromatic N) is 1. The largest absolute Gasteiger partial charge is 0.352 e. The normalized spacial score (nSPS) is 22.5. The number of carbonyl (C=O) groups excluding carboxylic acids is 1. The molecule has 0 radical (unpaired) electrons. The average Bonchev–Trinajstić information content (AvgIpc) is 3.52. The first-order valence-electron chi connectivity index (χ1n) is 10.5. The van der Waals surface area contributed by atoms with E-state index in [1.807, 2.05) is 0 Å². The maximum atomic E-state index is 13.1. The number of amides is 1. The third kappa shape index (κ3) is 4.99. The van der Waals surface area contributed by atoms with Gasteiger partial charge in [-0.15, -0.1) is 0 Å². The molecule has 3 nitrogen and oxygen atoms in total. The van der Waals surface area contributed by atoms with Gasteiger partial charge in [0.1, 0.15) is 5.82 Å². The molecule has 0 bridgehead atoms. The first-order valence-corrected chi connectivity index (χ1v) is 10.5. The van der Waals surface area contributed by atoms with Crippen molar-refractivity contribution in [2.75, 3.05) is 13.1 Å². The minimum Gasteiger partial charge on any atom is -0.352 e. The van der Waals surface area contributed by atoms with Crippen LogP contribution in [0.2, 0.25) is 0 Å². The topological polar surface area (TPSA) is 32.3 Å². The molecule has 4 rings (SSSR count). The van der Waals surface area contributed by atoms with Crippen LogP contribution in [0, 0.1) is 11.7 Å². The Labute approximate surface area is 166 Å². The summed E-state index contributed by atoms with van der Waals surface area (Å²) in [7, 11) is 0. The van der Waals surface area contributed by atoms with Crippen LogP contribution in [-0.4, -0.2) is 23.9 Å². The maximum Gasteiger partial charge on any atom is 0.224 e. The standard InChI is InChI=1S/C24H29FN2O/c25-21-10-8-20(9-11-21)22-15-23(22)24(28)26-16-18-6-5-7-19(14-18)17-27-12-3-1-2-4-13-27/h5-11,14,22-23H,1-4,12-13,15-17H2,(H,26,28). The first kappa shape index (κ1) is 19.1. The molecule has 1 saturated carbocycles. The molecule has 2 aromatic rings. The zero-order valence-corrected chi connectivity index (χ0v) is 16.4. The summed E-state index contributed by atoms with van der Waals surface area (Å²) in [4.78, 5) is 15.0. The highest BCUT2D eigenvalue weighted by Crippen LogP contribution is 2.47. The SMILES string of the molecule is O=C(NCc1cccc(CN2CCCCCC2)c1)C1CC1c1ccc(F)cc1. The average molecular weight is 381 g/mol. The first-order chi connectivity index (χ1) is 13.7. The van der Waals surface area contributed by atoms with E-state index < -0.39 is 0 Å². The minimum absolute atomic E-state index is 0.0192. The van der Waals surface area contributed by atoms with E-state index in [4.69, 9.17) is 0 Å². The van der Waals surface area contributed by atoms with Gasteiger partial charge in [0.2, 0.25) is 5.91 Å². The Balaban J connectivity index is 1.28. The van der Waals surface area contributed by atoms with Gasteiger partial charge in [-0.25, -0.2) is 4.39 Å². The van der Waals surface area contributed by atoms with Gasteiger partial charge in [-0.2, -0.15) is 0 Å². The molecule has 2 aromatic carbocycles. The van der Waals surface area contributed by atoms with Gasteiger partial charge >= 0.3 is 0 Å². The second-order valence-corrected chi connectivity index (χ2v) is 8.23. The summed E-state index contributed by atoms with van der Waals surface area (Å²) in [5, 5.41) is 3.09. The number of carbonyl (C=O) groups is 1. The Bertz CT molecular complexity index is 797. The van der Waals surface area contributed by atoms with Crippen LogP contribution in [0.5, 0.6) is 0 Å². The van der Waals surface area contributed by atoms with Crippen molar-refractivity contribution in [1.82, 2.24) is 10.2 Å². The summed E-state index contributed by atoms with van der Waals surface area (Å²) >= 11 is 0. The zero-order chi connectivity index (χ0) is 19.3. The second kappa shape index (κ2) is 8.87. The van der Waals surface area contributed by atoms with Gasteiger partial charge in [0, 0.05) is 19.0 Å². The molecule has 1 aliphatic heterocycles. The molecule has 0 spiro atoms. The lowest BCUT2D eigenvalue weighted by Crippen LogP contribution is -2.25. The van der Waals surface area contributed by atoms with Crippen LogP contribution in [0.1, 0.15) is 54.7 Å². The van der Waals surface area contributed by atoms with E-state index in [9.17, 15) is 9.18 Å². The molecule has 148 valence electrons. The third-order valence-corrected chi connectivity index (χ3v) is 5.99. The molecule has 1 saturated heterocycles. The molecule has 4 heteroatoms. The number of hydrogen-bond acceptors (Lipinski definition) is 2. The number of halogens is 1. The van der Waals surface area contributed by atoms with Crippen molar-refractivity contribution in [2.45, 2.75) is 51.1 Å². The fourth-order valence-electron chi connectivity index (χ4n) is 4.27. The number of benzene rings is 2. The van der Waals surface area contributed by atoms with Gasteiger partial charge in [-0.3, -0.25) is 9.69 Å². The van der Waals surface area contributed by atoms with Gasteiger partial charge in [0.05, 0.1) is 0 Å². The fourth-order valence-corrected chi connectivity index (χ4v) is 4.27. The van der Waals surface area contributed by atoms with Crippen molar-refractivity contribution in [2.24, 2.45) is 5.92 Å². The second-order valence-electron chi connectivity index (χ2n) is 8.23. The molecular weight excluding hydrogens is 351 g/mol. The highest BCUT2D eigenvalue weighted by Gasteiger charge is 2.43. The molecule has 2 unspecified atom stereocenters. The molecule has 28 heavy (non-hydrogen) atoms. The van der Waals surface area contributed by atoms with Gasteiger partial charge in [-0.1, -0.05) is 49.2 Å². The fraction of sp³-hybridized carbons (Fsp3) is 0.458. The van der Waals surface area contributed by atoms with Crippen LogP contribution in [0.4, 0.5) is 4.39 Å². The summed E-state index contributed by atoms with van der Waals surface area (Å²) < 4.78 is 13.1. The summed E-state index contributed by atoms with van der Waals surface area (Å²) in [6, 6.07) is 15.1. The predicted octanol–water partition coefficient (Wildman–Crippen LogP) is 4.62. The van der Waals surface area contributed by atoms with E-state index in [0.717, 1.165) is 24.1 Å². The van der Waals surface area contributed by atoms with Crippen LogP contribution in [0.25, 0.3) is 0 Å². The van der Waals surface area contributed by atoms with E-state index in [1.165, 1.54) is 56.5 Å². The van der Waals surface area contributed by atoms with E-state index in [1.54, 1.807) is 12.1 Å². The molecule has 1 amide bonds. The quantitative estimate of drug-likeness (QED) is 0.793. The molecule has 1 aliphatic carbocycles. The van der Waals surface area contributed by atoms with Crippen molar-refractivity contribution in [3.8, 4) is 0 Å². The highest BCUT2D eigenvalue weighted by atomic mass is 19.1. The molecule has 2 aliphatic rings. The monoisotopic (exact) mass is 380 g/mol. The smallest absolute Gasteiger partial charge is 0.224 e. The lowest BCUT2D eigenvalue weighted by atomic mass is 10.1. The Morgan fingerprint density at radius 3 is 2.46 bits per heavy atom. The van der Waals surface area contributed by atoms with E-state index >= 15 is 0 Å².